The topological polar surface area (TPSA) is 109 Å². The van der Waals surface area contributed by atoms with Crippen LogP contribution in [0.5, 0.6) is 0 Å². The van der Waals surface area contributed by atoms with Crippen molar-refractivity contribution < 1.29 is 44.6 Å². The Labute approximate surface area is 300 Å². The minimum absolute atomic E-state index is 0. The standard InChI is InChI=1S/C19H27NO2.C19H25NO.CH4.Na.H2O/c1-4-18(21)16-12-9-10-13-17(16)20-19(22)14-8-6-5-7-11-15(2)3;1-14(2)10-6-4-5-7-12-17-15(3)19(21)16-11-8-9-13-18(16)20-17;;;/h7,9-13,15H,4-6,8,14H2,1-3H3,(H,20,22);6,8-11,13-14H,4-5,7,12H2,1-3H3,(H,20,21);1H4;;1H2/q;;;+1;/p-1/b11-7+;10-6+;;;. The van der Waals surface area contributed by atoms with E-state index in [1.807, 2.05) is 50.2 Å². The van der Waals surface area contributed by atoms with Gasteiger partial charge in [-0.15, -0.1) is 0 Å². The second-order valence-electron chi connectivity index (χ2n) is 11.8. The molecule has 0 aliphatic carbocycles. The van der Waals surface area contributed by atoms with Gasteiger partial charge in [0.2, 0.25) is 5.91 Å². The molecule has 3 rings (SSSR count). The summed E-state index contributed by atoms with van der Waals surface area (Å²) < 4.78 is 0. The Morgan fingerprint density at radius 1 is 0.848 bits per heavy atom. The number of carbonyl (C=O) groups excluding carboxylic acids is 2. The van der Waals surface area contributed by atoms with Gasteiger partial charge in [0.05, 0.1) is 5.69 Å². The number of aryl methyl sites for hydroxylation is 1. The molecule has 0 atom stereocenters. The van der Waals surface area contributed by atoms with E-state index in [0.29, 0.717) is 35.9 Å². The number of ketones is 1. The fraction of sp³-hybridized carbons (Fsp3) is 0.462. The molecule has 1 amide bonds. The monoisotopic (exact) mass is 640 g/mol. The Hall–Kier alpha value is -2.77. The molecule has 0 bridgehead atoms. The molecule has 46 heavy (non-hydrogen) atoms. The number of carbonyl (C=O) groups is 2. The molecule has 0 saturated heterocycles. The first-order valence-corrected chi connectivity index (χ1v) is 16.0. The number of fused-ring (bicyclic) bond motifs is 1. The summed E-state index contributed by atoms with van der Waals surface area (Å²) in [4.78, 5) is 39.6. The van der Waals surface area contributed by atoms with Crippen LogP contribution in [0.15, 0.2) is 77.6 Å². The number of anilines is 1. The van der Waals surface area contributed by atoms with E-state index in [2.05, 4.69) is 62.3 Å². The number of aromatic amines is 1. The Bertz CT molecular complexity index is 1420. The molecule has 3 N–H and O–H groups in total. The third-order valence-electron chi connectivity index (χ3n) is 7.19. The van der Waals surface area contributed by atoms with E-state index >= 15 is 0 Å². The number of para-hydroxylation sites is 2. The Morgan fingerprint density at radius 3 is 2.02 bits per heavy atom. The Kier molecular flexibility index (Phi) is 25.0. The molecule has 0 aliphatic heterocycles. The number of unbranched alkanes of at least 4 members (excludes halogenated alkanes) is 4. The summed E-state index contributed by atoms with van der Waals surface area (Å²) in [5.41, 5.74) is 4.29. The smallest absolute Gasteiger partial charge is 0.870 e. The van der Waals surface area contributed by atoms with Gasteiger partial charge in [0.25, 0.3) is 0 Å². The molecule has 1 heterocycles. The third kappa shape index (κ3) is 16.7. The van der Waals surface area contributed by atoms with Crippen molar-refractivity contribution in [3.05, 3.63) is 99.9 Å². The summed E-state index contributed by atoms with van der Waals surface area (Å²) in [5.74, 6) is 1.24. The average molecular weight is 641 g/mol. The van der Waals surface area contributed by atoms with Crippen LogP contribution in [0.25, 0.3) is 10.9 Å². The largest absolute Gasteiger partial charge is 1.00 e. The molecule has 2 aromatic carbocycles. The van der Waals surface area contributed by atoms with Gasteiger partial charge in [0, 0.05) is 40.6 Å². The summed E-state index contributed by atoms with van der Waals surface area (Å²) in [7, 11) is 0. The molecule has 3 aromatic rings. The maximum absolute atomic E-state index is 12.3. The van der Waals surface area contributed by atoms with Crippen LogP contribution in [0.2, 0.25) is 0 Å². The van der Waals surface area contributed by atoms with Gasteiger partial charge in [-0.1, -0.05) is 90.6 Å². The number of aromatic nitrogens is 1. The number of H-pyrrole nitrogens is 1. The van der Waals surface area contributed by atoms with Crippen molar-refractivity contribution in [3.8, 4) is 0 Å². The van der Waals surface area contributed by atoms with Crippen LogP contribution >= 0.6 is 0 Å². The van der Waals surface area contributed by atoms with Crippen LogP contribution in [0, 0.1) is 18.8 Å². The molecule has 1 aromatic heterocycles. The number of benzene rings is 2. The van der Waals surface area contributed by atoms with Crippen molar-refractivity contribution in [2.45, 2.75) is 107 Å². The number of nitrogens with one attached hydrogen (secondary N) is 2. The fourth-order valence-corrected chi connectivity index (χ4v) is 4.72. The van der Waals surface area contributed by atoms with Crippen molar-refractivity contribution in [3.63, 3.8) is 0 Å². The summed E-state index contributed by atoms with van der Waals surface area (Å²) in [5, 5.41) is 3.65. The molecule has 0 radical (unpaired) electrons. The third-order valence-corrected chi connectivity index (χ3v) is 7.19. The number of hydrogen-bond acceptors (Lipinski definition) is 4. The van der Waals surface area contributed by atoms with Crippen LogP contribution < -0.4 is 40.3 Å². The predicted octanol–water partition coefficient (Wildman–Crippen LogP) is 7.22. The molecule has 0 spiro atoms. The quantitative estimate of drug-likeness (QED) is 0.0792. The van der Waals surface area contributed by atoms with Gasteiger partial charge in [-0.05, 0) is 88.0 Å². The van der Waals surface area contributed by atoms with Gasteiger partial charge in [0.15, 0.2) is 11.2 Å². The molecular weight excluding hydrogens is 583 g/mol. The Morgan fingerprint density at radius 2 is 1.41 bits per heavy atom. The number of hydrogen-bond donors (Lipinski definition) is 2. The zero-order chi connectivity index (χ0) is 31.6. The average Bonchev–Trinajstić information content (AvgIpc) is 2.99. The van der Waals surface area contributed by atoms with E-state index in [1.165, 1.54) is 0 Å². The molecular formula is C39H57N2NaO4. The van der Waals surface area contributed by atoms with Gasteiger partial charge < -0.3 is 15.8 Å². The van der Waals surface area contributed by atoms with Gasteiger partial charge in [-0.25, -0.2) is 0 Å². The van der Waals surface area contributed by atoms with Crippen molar-refractivity contribution in [2.75, 3.05) is 5.32 Å². The maximum atomic E-state index is 12.3. The normalized spacial score (nSPS) is 10.7. The minimum atomic E-state index is -0.0239. The fourth-order valence-electron chi connectivity index (χ4n) is 4.72. The van der Waals surface area contributed by atoms with Crippen molar-refractivity contribution in [1.82, 2.24) is 4.98 Å². The molecule has 0 saturated carbocycles. The first kappa shape index (κ1) is 45.4. The Balaban J connectivity index is 0. The van der Waals surface area contributed by atoms with Gasteiger partial charge in [-0.2, -0.15) is 0 Å². The second-order valence-corrected chi connectivity index (χ2v) is 11.8. The zero-order valence-corrected chi connectivity index (χ0v) is 30.6. The van der Waals surface area contributed by atoms with Gasteiger partial charge in [-0.3, -0.25) is 14.4 Å². The molecule has 0 aliphatic rings. The van der Waals surface area contributed by atoms with E-state index in [1.54, 1.807) is 12.1 Å². The van der Waals surface area contributed by atoms with E-state index in [0.717, 1.165) is 67.1 Å². The van der Waals surface area contributed by atoms with Crippen LogP contribution in [-0.2, 0) is 11.2 Å². The summed E-state index contributed by atoms with van der Waals surface area (Å²) in [6.45, 7) is 12.4. The summed E-state index contributed by atoms with van der Waals surface area (Å²) in [6, 6.07) is 14.9. The van der Waals surface area contributed by atoms with E-state index < -0.39 is 0 Å². The first-order valence-electron chi connectivity index (χ1n) is 16.0. The predicted molar refractivity (Wildman–Crippen MR) is 192 cm³/mol. The summed E-state index contributed by atoms with van der Waals surface area (Å²) >= 11 is 0. The van der Waals surface area contributed by atoms with Gasteiger partial charge >= 0.3 is 29.6 Å². The first-order chi connectivity index (χ1) is 20.6. The van der Waals surface area contributed by atoms with Crippen LogP contribution in [0.1, 0.15) is 115 Å². The number of pyridine rings is 1. The van der Waals surface area contributed by atoms with E-state index in [-0.39, 0.29) is 59.6 Å². The number of rotatable bonds is 15. The molecule has 0 fully saturated rings. The van der Waals surface area contributed by atoms with Crippen LogP contribution in [-0.4, -0.2) is 22.2 Å². The molecule has 6 nitrogen and oxygen atoms in total. The van der Waals surface area contributed by atoms with Crippen molar-refractivity contribution >= 4 is 28.3 Å². The number of allylic oxidation sites excluding steroid dienone is 4. The van der Waals surface area contributed by atoms with Crippen molar-refractivity contribution in [2.24, 2.45) is 11.8 Å². The zero-order valence-electron chi connectivity index (χ0n) is 28.6. The summed E-state index contributed by atoms with van der Waals surface area (Å²) in [6.07, 6.45) is 17.0. The number of amides is 1. The second kappa shape index (κ2) is 25.3. The van der Waals surface area contributed by atoms with E-state index in [9.17, 15) is 14.4 Å². The van der Waals surface area contributed by atoms with Crippen molar-refractivity contribution in [1.29, 1.82) is 0 Å². The van der Waals surface area contributed by atoms with Gasteiger partial charge in [0.1, 0.15) is 0 Å². The molecule has 7 heteroatoms. The maximum Gasteiger partial charge on any atom is 1.00 e. The van der Waals surface area contributed by atoms with Crippen LogP contribution in [0.4, 0.5) is 5.69 Å². The number of Topliss-reactive ketones (excluding diaryl/α,β-unsaturated/α-hetero) is 1. The van der Waals surface area contributed by atoms with Crippen LogP contribution in [0.3, 0.4) is 0 Å². The SMILES string of the molecule is C.CCC(=O)c1ccccc1NC(=O)CCCC/C=C/C(C)C.Cc1c(CCCC/C=C/C(C)C)[nH]c2ccccc2c1=O.[Na+].[OH-]. The molecule has 248 valence electrons. The minimum Gasteiger partial charge on any atom is -0.870 e. The van der Waals surface area contributed by atoms with E-state index in [4.69, 9.17) is 0 Å². The molecule has 0 unspecified atom stereocenters.